The van der Waals surface area contributed by atoms with E-state index in [2.05, 4.69) is 12.2 Å². The summed E-state index contributed by atoms with van der Waals surface area (Å²) in [5.41, 5.74) is 0. The second-order valence-corrected chi connectivity index (χ2v) is 4.08. The molecule has 0 aromatic rings. The highest BCUT2D eigenvalue weighted by molar-refractivity contribution is 4.82. The quantitative estimate of drug-likeness (QED) is 0.657. The first kappa shape index (κ1) is 10.0. The van der Waals surface area contributed by atoms with Crippen molar-refractivity contribution in [3.8, 4) is 0 Å². The Morgan fingerprint density at radius 1 is 1.50 bits per heavy atom. The Balaban J connectivity index is 1.89. The maximum Gasteiger partial charge on any atom is 0.0549 e. The van der Waals surface area contributed by atoms with Crippen LogP contribution in [0.25, 0.3) is 0 Å². The zero-order chi connectivity index (χ0) is 8.97. The first-order valence-electron chi connectivity index (χ1n) is 5.13. The highest BCUT2D eigenvalue weighted by Gasteiger charge is 2.24. The molecular formula is C10H21NO. The molecule has 0 spiro atoms. The highest BCUT2D eigenvalue weighted by Crippen LogP contribution is 2.25. The van der Waals surface area contributed by atoms with Gasteiger partial charge in [-0.3, -0.25) is 0 Å². The minimum absolute atomic E-state index is 0.102. The van der Waals surface area contributed by atoms with E-state index < -0.39 is 0 Å². The van der Waals surface area contributed by atoms with E-state index >= 15 is 0 Å². The topological polar surface area (TPSA) is 32.3 Å². The number of hydrogen-bond acceptors (Lipinski definition) is 2. The van der Waals surface area contributed by atoms with Gasteiger partial charge in [0.15, 0.2) is 0 Å². The van der Waals surface area contributed by atoms with Crippen molar-refractivity contribution in [2.75, 3.05) is 6.54 Å². The van der Waals surface area contributed by atoms with Gasteiger partial charge in [0.1, 0.15) is 0 Å². The molecule has 2 N–H and O–H groups in total. The summed E-state index contributed by atoms with van der Waals surface area (Å²) in [4.78, 5) is 0. The SMILES string of the molecule is CCC(O)CCNC1CC(C)C1. The molecule has 2 heteroatoms. The van der Waals surface area contributed by atoms with Crippen LogP contribution in [0, 0.1) is 5.92 Å². The first-order valence-corrected chi connectivity index (χ1v) is 5.13. The zero-order valence-corrected chi connectivity index (χ0v) is 8.21. The molecule has 0 aliphatic heterocycles. The summed E-state index contributed by atoms with van der Waals surface area (Å²) in [5.74, 6) is 0.915. The van der Waals surface area contributed by atoms with Crippen molar-refractivity contribution in [1.29, 1.82) is 0 Å². The number of rotatable bonds is 5. The Kier molecular flexibility index (Phi) is 4.02. The molecule has 1 unspecified atom stereocenters. The third kappa shape index (κ3) is 3.11. The van der Waals surface area contributed by atoms with Crippen LogP contribution in [0.3, 0.4) is 0 Å². The fourth-order valence-electron chi connectivity index (χ4n) is 1.73. The molecule has 1 rings (SSSR count). The Morgan fingerprint density at radius 2 is 2.17 bits per heavy atom. The van der Waals surface area contributed by atoms with Crippen LogP contribution in [-0.2, 0) is 0 Å². The van der Waals surface area contributed by atoms with Gasteiger partial charge < -0.3 is 10.4 Å². The average Bonchev–Trinajstić information content (AvgIpc) is 2.01. The van der Waals surface area contributed by atoms with Gasteiger partial charge in [-0.25, -0.2) is 0 Å². The van der Waals surface area contributed by atoms with Crippen molar-refractivity contribution >= 4 is 0 Å². The van der Waals surface area contributed by atoms with E-state index in [0.29, 0.717) is 0 Å². The Morgan fingerprint density at radius 3 is 2.67 bits per heavy atom. The lowest BCUT2D eigenvalue weighted by molar-refractivity contribution is 0.152. The maximum absolute atomic E-state index is 9.27. The lowest BCUT2D eigenvalue weighted by Gasteiger charge is -2.33. The van der Waals surface area contributed by atoms with Gasteiger partial charge in [-0.15, -0.1) is 0 Å². The Labute approximate surface area is 75.4 Å². The lowest BCUT2D eigenvalue weighted by Crippen LogP contribution is -2.41. The predicted octanol–water partition coefficient (Wildman–Crippen LogP) is 1.54. The van der Waals surface area contributed by atoms with Crippen molar-refractivity contribution in [1.82, 2.24) is 5.32 Å². The molecule has 0 saturated heterocycles. The van der Waals surface area contributed by atoms with Crippen LogP contribution in [-0.4, -0.2) is 23.8 Å². The molecule has 12 heavy (non-hydrogen) atoms. The molecule has 1 atom stereocenters. The first-order chi connectivity index (χ1) is 5.72. The smallest absolute Gasteiger partial charge is 0.0549 e. The summed E-state index contributed by atoms with van der Waals surface area (Å²) >= 11 is 0. The summed E-state index contributed by atoms with van der Waals surface area (Å²) in [6.07, 6.45) is 4.32. The second-order valence-electron chi connectivity index (χ2n) is 4.08. The molecule has 0 aromatic carbocycles. The zero-order valence-electron chi connectivity index (χ0n) is 8.21. The van der Waals surface area contributed by atoms with Crippen LogP contribution in [0.15, 0.2) is 0 Å². The van der Waals surface area contributed by atoms with Crippen molar-refractivity contribution in [3.05, 3.63) is 0 Å². The molecule has 0 radical (unpaired) electrons. The van der Waals surface area contributed by atoms with Crippen LogP contribution in [0.2, 0.25) is 0 Å². The Hall–Kier alpha value is -0.0800. The normalized spacial score (nSPS) is 31.2. The molecule has 0 bridgehead atoms. The summed E-state index contributed by atoms with van der Waals surface area (Å²) in [5, 5.41) is 12.7. The molecular weight excluding hydrogens is 150 g/mol. The van der Waals surface area contributed by atoms with Crippen molar-refractivity contribution in [3.63, 3.8) is 0 Å². The highest BCUT2D eigenvalue weighted by atomic mass is 16.3. The minimum atomic E-state index is -0.102. The van der Waals surface area contributed by atoms with E-state index in [9.17, 15) is 5.11 Å². The van der Waals surface area contributed by atoms with E-state index in [-0.39, 0.29) is 6.10 Å². The van der Waals surface area contributed by atoms with Crippen LogP contribution in [0.4, 0.5) is 0 Å². The van der Waals surface area contributed by atoms with Gasteiger partial charge in [-0.1, -0.05) is 13.8 Å². The average molecular weight is 171 g/mol. The van der Waals surface area contributed by atoms with Gasteiger partial charge in [0.05, 0.1) is 6.10 Å². The summed E-state index contributed by atoms with van der Waals surface area (Å²) in [7, 11) is 0. The van der Waals surface area contributed by atoms with E-state index in [0.717, 1.165) is 31.3 Å². The number of aliphatic hydroxyl groups is 1. The third-order valence-corrected chi connectivity index (χ3v) is 2.76. The van der Waals surface area contributed by atoms with Crippen molar-refractivity contribution in [2.45, 2.75) is 51.7 Å². The van der Waals surface area contributed by atoms with Crippen LogP contribution < -0.4 is 5.32 Å². The molecule has 1 saturated carbocycles. The molecule has 72 valence electrons. The van der Waals surface area contributed by atoms with Gasteiger partial charge in [-0.2, -0.15) is 0 Å². The Bertz CT molecular complexity index is 121. The second kappa shape index (κ2) is 4.83. The fraction of sp³-hybridized carbons (Fsp3) is 1.00. The fourth-order valence-corrected chi connectivity index (χ4v) is 1.73. The van der Waals surface area contributed by atoms with E-state index in [4.69, 9.17) is 0 Å². The van der Waals surface area contributed by atoms with E-state index in [1.54, 1.807) is 0 Å². The van der Waals surface area contributed by atoms with Gasteiger partial charge in [0, 0.05) is 6.04 Å². The van der Waals surface area contributed by atoms with E-state index in [1.807, 2.05) is 6.92 Å². The van der Waals surface area contributed by atoms with Gasteiger partial charge in [0.2, 0.25) is 0 Å². The van der Waals surface area contributed by atoms with Crippen molar-refractivity contribution in [2.24, 2.45) is 5.92 Å². The van der Waals surface area contributed by atoms with E-state index in [1.165, 1.54) is 12.8 Å². The molecule has 0 aromatic heterocycles. The summed E-state index contributed by atoms with van der Waals surface area (Å²) < 4.78 is 0. The van der Waals surface area contributed by atoms with Crippen LogP contribution in [0.5, 0.6) is 0 Å². The standard InChI is InChI=1S/C10H21NO/c1-3-10(12)4-5-11-9-6-8(2)7-9/h8-12H,3-7H2,1-2H3. The molecule has 1 aliphatic carbocycles. The number of nitrogens with one attached hydrogen (secondary N) is 1. The number of hydrogen-bond donors (Lipinski definition) is 2. The monoisotopic (exact) mass is 171 g/mol. The molecule has 2 nitrogen and oxygen atoms in total. The number of aliphatic hydroxyl groups excluding tert-OH is 1. The third-order valence-electron chi connectivity index (χ3n) is 2.76. The largest absolute Gasteiger partial charge is 0.393 e. The van der Waals surface area contributed by atoms with Gasteiger partial charge in [0.25, 0.3) is 0 Å². The molecule has 1 aliphatic rings. The molecule has 0 heterocycles. The van der Waals surface area contributed by atoms with Gasteiger partial charge in [-0.05, 0) is 38.1 Å². The van der Waals surface area contributed by atoms with Gasteiger partial charge >= 0.3 is 0 Å². The van der Waals surface area contributed by atoms with Crippen LogP contribution in [0.1, 0.15) is 39.5 Å². The summed E-state index contributed by atoms with van der Waals surface area (Å²) in [6.45, 7) is 5.29. The summed E-state index contributed by atoms with van der Waals surface area (Å²) in [6, 6.07) is 0.740. The molecule has 0 amide bonds. The van der Waals surface area contributed by atoms with Crippen molar-refractivity contribution < 1.29 is 5.11 Å². The maximum atomic E-state index is 9.27. The minimum Gasteiger partial charge on any atom is -0.393 e. The molecule has 1 fully saturated rings. The van der Waals surface area contributed by atoms with Crippen LogP contribution >= 0.6 is 0 Å². The predicted molar refractivity (Wildman–Crippen MR) is 51.1 cm³/mol. The lowest BCUT2D eigenvalue weighted by atomic mass is 9.82.